The molecule has 0 aliphatic carbocycles. The van der Waals surface area contributed by atoms with E-state index in [4.69, 9.17) is 9.47 Å². The fourth-order valence-corrected chi connectivity index (χ4v) is 3.57. The quantitative estimate of drug-likeness (QED) is 0.527. The largest absolute Gasteiger partial charge is 0.496 e. The van der Waals surface area contributed by atoms with E-state index in [0.29, 0.717) is 29.1 Å². The Balaban J connectivity index is 2.01. The van der Waals surface area contributed by atoms with Crippen molar-refractivity contribution >= 4 is 10.9 Å². The monoisotopic (exact) mass is 374 g/mol. The first-order valence-electron chi connectivity index (χ1n) is 9.11. The summed E-state index contributed by atoms with van der Waals surface area (Å²) in [5.41, 5.74) is 3.53. The predicted molar refractivity (Wildman–Crippen MR) is 111 cm³/mol. The molecule has 0 N–H and O–H groups in total. The number of fused-ring (bicyclic) bond motifs is 1. The van der Waals surface area contributed by atoms with Crippen molar-refractivity contribution in [1.29, 1.82) is 0 Å². The molecule has 4 aromatic rings. The van der Waals surface area contributed by atoms with Crippen LogP contribution in [0, 0.1) is 6.92 Å². The minimum atomic E-state index is -0.0699. The molecule has 142 valence electrons. The van der Waals surface area contributed by atoms with Crippen LogP contribution >= 0.6 is 0 Å². The fourth-order valence-electron chi connectivity index (χ4n) is 3.57. The van der Waals surface area contributed by atoms with E-state index in [9.17, 15) is 4.79 Å². The highest BCUT2D eigenvalue weighted by Crippen LogP contribution is 2.31. The predicted octanol–water partition coefficient (Wildman–Crippen LogP) is 4.17. The lowest BCUT2D eigenvalue weighted by atomic mass is 10.1. The van der Waals surface area contributed by atoms with Gasteiger partial charge in [-0.25, -0.2) is 4.68 Å². The van der Waals surface area contributed by atoms with Crippen molar-refractivity contribution in [3.05, 3.63) is 88.2 Å². The van der Waals surface area contributed by atoms with Gasteiger partial charge in [0.25, 0.3) is 5.56 Å². The van der Waals surface area contributed by atoms with Crippen LogP contribution in [0.2, 0.25) is 0 Å². The zero-order valence-electron chi connectivity index (χ0n) is 16.2. The number of nitrogens with zero attached hydrogens (tertiary/aromatic N) is 2. The summed E-state index contributed by atoms with van der Waals surface area (Å²) in [6.45, 7) is 2.51. The highest BCUT2D eigenvalue weighted by atomic mass is 16.5. The molecule has 28 heavy (non-hydrogen) atoms. The molecule has 0 atom stereocenters. The maximum atomic E-state index is 13.3. The summed E-state index contributed by atoms with van der Waals surface area (Å²) < 4.78 is 14.7. The molecule has 0 unspecified atom stereocenters. The minimum Gasteiger partial charge on any atom is -0.496 e. The minimum absolute atomic E-state index is 0.0699. The lowest BCUT2D eigenvalue weighted by Crippen LogP contribution is -2.22. The standard InChI is InChI=1S/C23H22N2O3/c1-16-21(27-2)13-18(14-22(16)28-3)25-23(26)19-11-7-8-12-20(19)24(25)15-17-9-5-4-6-10-17/h4-14H,15H2,1-3H3. The van der Waals surface area contributed by atoms with Crippen LogP contribution in [0.3, 0.4) is 0 Å². The molecule has 1 heterocycles. The van der Waals surface area contributed by atoms with Gasteiger partial charge in [-0.3, -0.25) is 9.48 Å². The number of benzene rings is 3. The second kappa shape index (κ2) is 7.27. The van der Waals surface area contributed by atoms with Gasteiger partial charge in [0, 0.05) is 17.7 Å². The molecule has 4 rings (SSSR count). The molecule has 0 aliphatic rings. The van der Waals surface area contributed by atoms with Crippen molar-refractivity contribution < 1.29 is 9.47 Å². The molecular formula is C23H22N2O3. The number of hydrogen-bond donors (Lipinski definition) is 0. The molecule has 0 fully saturated rings. The number of methoxy groups -OCH3 is 2. The molecule has 5 nitrogen and oxygen atoms in total. The van der Waals surface area contributed by atoms with Gasteiger partial charge in [0.05, 0.1) is 37.4 Å². The normalized spacial score (nSPS) is 11.0. The average Bonchev–Trinajstić information content (AvgIpc) is 3.01. The summed E-state index contributed by atoms with van der Waals surface area (Å²) in [6.07, 6.45) is 0. The van der Waals surface area contributed by atoms with Crippen molar-refractivity contribution in [2.24, 2.45) is 0 Å². The first-order valence-corrected chi connectivity index (χ1v) is 9.11. The van der Waals surface area contributed by atoms with Crippen LogP contribution in [-0.2, 0) is 6.54 Å². The van der Waals surface area contributed by atoms with Gasteiger partial charge < -0.3 is 9.47 Å². The second-order valence-corrected chi connectivity index (χ2v) is 6.65. The van der Waals surface area contributed by atoms with Gasteiger partial charge in [0.2, 0.25) is 0 Å². The molecule has 5 heteroatoms. The third-order valence-electron chi connectivity index (χ3n) is 5.00. The van der Waals surface area contributed by atoms with Crippen molar-refractivity contribution in [3.8, 4) is 17.2 Å². The van der Waals surface area contributed by atoms with Gasteiger partial charge >= 0.3 is 0 Å². The summed E-state index contributed by atoms with van der Waals surface area (Å²) in [5, 5.41) is 0.678. The summed E-state index contributed by atoms with van der Waals surface area (Å²) in [5.74, 6) is 1.36. The first kappa shape index (κ1) is 17.9. The molecule has 0 radical (unpaired) electrons. The lowest BCUT2D eigenvalue weighted by molar-refractivity contribution is 0.388. The Kier molecular flexibility index (Phi) is 4.65. The lowest BCUT2D eigenvalue weighted by Gasteiger charge is -2.16. The Morgan fingerprint density at radius 2 is 1.46 bits per heavy atom. The Bertz CT molecular complexity index is 1160. The van der Waals surface area contributed by atoms with Crippen LogP contribution in [0.15, 0.2) is 71.5 Å². The molecule has 0 aliphatic heterocycles. The second-order valence-electron chi connectivity index (χ2n) is 6.65. The van der Waals surface area contributed by atoms with Crippen LogP contribution < -0.4 is 15.0 Å². The van der Waals surface area contributed by atoms with Crippen LogP contribution in [0.25, 0.3) is 16.6 Å². The molecular weight excluding hydrogens is 352 g/mol. The molecule has 0 spiro atoms. The Hall–Kier alpha value is -3.47. The Morgan fingerprint density at radius 1 is 0.857 bits per heavy atom. The topological polar surface area (TPSA) is 45.4 Å². The third kappa shape index (κ3) is 2.95. The van der Waals surface area contributed by atoms with E-state index in [1.54, 1.807) is 18.9 Å². The number of para-hydroxylation sites is 1. The van der Waals surface area contributed by atoms with E-state index in [1.807, 2.05) is 66.2 Å². The van der Waals surface area contributed by atoms with Crippen LogP contribution in [0.5, 0.6) is 11.5 Å². The van der Waals surface area contributed by atoms with E-state index in [1.165, 1.54) is 0 Å². The van der Waals surface area contributed by atoms with Crippen LogP contribution in [0.1, 0.15) is 11.1 Å². The number of hydrogen-bond acceptors (Lipinski definition) is 3. The van der Waals surface area contributed by atoms with Crippen molar-refractivity contribution in [1.82, 2.24) is 9.36 Å². The highest BCUT2D eigenvalue weighted by Gasteiger charge is 2.17. The molecule has 0 bridgehead atoms. The first-order chi connectivity index (χ1) is 13.6. The number of rotatable bonds is 5. The van der Waals surface area contributed by atoms with Gasteiger partial charge in [-0.1, -0.05) is 42.5 Å². The molecule has 0 saturated carbocycles. The average molecular weight is 374 g/mol. The molecule has 3 aromatic carbocycles. The smallest absolute Gasteiger partial charge is 0.279 e. The van der Waals surface area contributed by atoms with Gasteiger partial charge in [-0.05, 0) is 24.6 Å². The maximum absolute atomic E-state index is 13.3. The molecule has 0 saturated heterocycles. The van der Waals surface area contributed by atoms with Gasteiger partial charge in [-0.15, -0.1) is 0 Å². The number of aromatic nitrogens is 2. The van der Waals surface area contributed by atoms with E-state index >= 15 is 0 Å². The zero-order chi connectivity index (χ0) is 19.7. The zero-order valence-corrected chi connectivity index (χ0v) is 16.2. The third-order valence-corrected chi connectivity index (χ3v) is 5.00. The maximum Gasteiger partial charge on any atom is 0.279 e. The van der Waals surface area contributed by atoms with Crippen LogP contribution in [-0.4, -0.2) is 23.6 Å². The summed E-state index contributed by atoms with van der Waals surface area (Å²) in [4.78, 5) is 13.3. The van der Waals surface area contributed by atoms with Crippen molar-refractivity contribution in [3.63, 3.8) is 0 Å². The Labute approximate surface area is 163 Å². The number of ether oxygens (including phenoxy) is 2. The fraction of sp³-hybridized carbons (Fsp3) is 0.174. The van der Waals surface area contributed by atoms with Gasteiger partial charge in [0.1, 0.15) is 11.5 Å². The SMILES string of the molecule is COc1cc(-n2c(=O)c3ccccc3n2Cc2ccccc2)cc(OC)c1C. The summed E-state index contributed by atoms with van der Waals surface area (Å²) in [6, 6.07) is 21.5. The van der Waals surface area contributed by atoms with E-state index < -0.39 is 0 Å². The summed E-state index contributed by atoms with van der Waals surface area (Å²) in [7, 11) is 3.24. The van der Waals surface area contributed by atoms with E-state index in [0.717, 1.165) is 16.6 Å². The van der Waals surface area contributed by atoms with Crippen LogP contribution in [0.4, 0.5) is 0 Å². The molecule has 0 amide bonds. The van der Waals surface area contributed by atoms with Gasteiger partial charge in [-0.2, -0.15) is 0 Å². The van der Waals surface area contributed by atoms with Gasteiger partial charge in [0.15, 0.2) is 0 Å². The van der Waals surface area contributed by atoms with E-state index in [2.05, 4.69) is 12.1 Å². The van der Waals surface area contributed by atoms with Crippen molar-refractivity contribution in [2.75, 3.05) is 14.2 Å². The van der Waals surface area contributed by atoms with Crippen molar-refractivity contribution in [2.45, 2.75) is 13.5 Å². The highest BCUT2D eigenvalue weighted by molar-refractivity contribution is 5.79. The summed E-state index contributed by atoms with van der Waals surface area (Å²) >= 11 is 0. The van der Waals surface area contributed by atoms with E-state index in [-0.39, 0.29) is 5.56 Å². The Morgan fingerprint density at radius 3 is 2.11 bits per heavy atom. The molecule has 1 aromatic heterocycles.